The first-order valence-electron chi connectivity index (χ1n) is 18.5. The molecule has 0 spiro atoms. The van der Waals surface area contributed by atoms with Gasteiger partial charge in [-0.2, -0.15) is 5.10 Å². The number of anilines is 1. The van der Waals surface area contributed by atoms with Crippen molar-refractivity contribution in [3.8, 4) is 16.9 Å². The van der Waals surface area contributed by atoms with Crippen molar-refractivity contribution in [2.75, 3.05) is 31.8 Å². The van der Waals surface area contributed by atoms with E-state index in [0.717, 1.165) is 55.4 Å². The molecule has 2 bridgehead atoms. The summed E-state index contributed by atoms with van der Waals surface area (Å²) in [5.41, 5.74) is 4.73. The van der Waals surface area contributed by atoms with Crippen molar-refractivity contribution in [3.05, 3.63) is 60.0 Å². The number of hydrogen-bond acceptors (Lipinski definition) is 7. The van der Waals surface area contributed by atoms with Gasteiger partial charge < -0.3 is 19.5 Å². The van der Waals surface area contributed by atoms with Crippen LogP contribution in [0.2, 0.25) is 0 Å². The molecule has 10 heteroatoms. The lowest BCUT2D eigenvalue weighted by molar-refractivity contribution is -0.124. The highest BCUT2D eigenvalue weighted by Gasteiger charge is 2.51. The van der Waals surface area contributed by atoms with Gasteiger partial charge in [-0.15, -0.1) is 0 Å². The Balaban J connectivity index is 1.10. The number of pyridine rings is 1. The maximum Gasteiger partial charge on any atom is 0.407 e. The number of rotatable bonds is 9. The van der Waals surface area contributed by atoms with Crippen LogP contribution >= 0.6 is 0 Å². The van der Waals surface area contributed by atoms with Gasteiger partial charge in [0.1, 0.15) is 17.7 Å². The standard InChI is InChI=1S/C40H53N5O5/c1-27-20-31(8-11-34(27)48-5)40-16-13-39(14-17-40,15-18-40)26-44(35-21-29(12-19-41-35)30-22-42-45(23-30)38(2,3)4)36(46)28-6-9-33(10-7-28)50-37(47)43-32-24-49-25-32/h8,11-12,19-23,28,32-33H,6-7,9-10,13-18,24-26H2,1-5H3,(H,43,47)/t28-,33-,39?,40?. The maximum absolute atomic E-state index is 14.7. The molecule has 2 amide bonds. The molecule has 3 heterocycles. The second-order valence-corrected chi connectivity index (χ2v) is 16.4. The number of methoxy groups -OCH3 is 1. The molecule has 8 rings (SSSR count). The second-order valence-electron chi connectivity index (χ2n) is 16.4. The summed E-state index contributed by atoms with van der Waals surface area (Å²) in [6.45, 7) is 10.3. The van der Waals surface area contributed by atoms with Crippen molar-refractivity contribution in [2.24, 2.45) is 11.3 Å². The van der Waals surface area contributed by atoms with E-state index in [1.54, 1.807) is 7.11 Å². The smallest absolute Gasteiger partial charge is 0.407 e. The molecule has 1 N–H and O–H groups in total. The molecule has 3 aromatic rings. The molecular weight excluding hydrogens is 630 g/mol. The van der Waals surface area contributed by atoms with Crippen molar-refractivity contribution < 1.29 is 23.8 Å². The summed E-state index contributed by atoms with van der Waals surface area (Å²) in [5, 5.41) is 7.50. The zero-order valence-corrected chi connectivity index (χ0v) is 30.4. The quantitative estimate of drug-likeness (QED) is 0.252. The lowest BCUT2D eigenvalue weighted by atomic mass is 9.51. The fourth-order valence-electron chi connectivity index (χ4n) is 8.65. The molecule has 1 aliphatic heterocycles. The van der Waals surface area contributed by atoms with E-state index >= 15 is 0 Å². The van der Waals surface area contributed by atoms with E-state index in [9.17, 15) is 9.59 Å². The van der Waals surface area contributed by atoms with Gasteiger partial charge in [-0.05, 0) is 138 Å². The molecule has 268 valence electrons. The van der Waals surface area contributed by atoms with E-state index in [-0.39, 0.29) is 46.4 Å². The van der Waals surface area contributed by atoms with Crippen LogP contribution in [-0.2, 0) is 25.2 Å². The van der Waals surface area contributed by atoms with Gasteiger partial charge in [0, 0.05) is 30.4 Å². The molecule has 2 aromatic heterocycles. The summed E-state index contributed by atoms with van der Waals surface area (Å²) >= 11 is 0. The van der Waals surface area contributed by atoms with Gasteiger partial charge in [-0.1, -0.05) is 12.1 Å². The number of aryl methyl sites for hydroxylation is 1. The molecule has 5 fully saturated rings. The molecule has 0 unspecified atom stereocenters. The SMILES string of the molecule is COc1ccc(C23CCC(CN(c4cc(-c5cnn(C(C)(C)C)c5)ccn4)C(=O)[C@H]4CC[C@H](OC(=O)NC5COC5)CC4)(CC2)CC3)cc1C. The predicted molar refractivity (Wildman–Crippen MR) is 192 cm³/mol. The Morgan fingerprint density at radius 2 is 1.72 bits per heavy atom. The van der Waals surface area contributed by atoms with E-state index in [2.05, 4.69) is 68.6 Å². The molecule has 1 aromatic carbocycles. The lowest BCUT2D eigenvalue weighted by Gasteiger charge is -2.55. The number of alkyl carbamates (subject to hydrolysis) is 1. The average molecular weight is 684 g/mol. The molecule has 0 atom stereocenters. The van der Waals surface area contributed by atoms with Crippen LogP contribution in [0.25, 0.3) is 11.1 Å². The summed E-state index contributed by atoms with van der Waals surface area (Å²) in [4.78, 5) is 33.9. The Hall–Kier alpha value is -3.92. The number of ether oxygens (including phenoxy) is 3. The largest absolute Gasteiger partial charge is 0.496 e. The van der Waals surface area contributed by atoms with Crippen molar-refractivity contribution in [1.29, 1.82) is 0 Å². The van der Waals surface area contributed by atoms with Gasteiger partial charge in [0.15, 0.2) is 0 Å². The van der Waals surface area contributed by atoms with Gasteiger partial charge in [-0.3, -0.25) is 14.4 Å². The van der Waals surface area contributed by atoms with E-state index in [4.69, 9.17) is 19.2 Å². The van der Waals surface area contributed by atoms with Crippen LogP contribution in [0.5, 0.6) is 5.75 Å². The number of fused-ring (bicyclic) bond motifs is 3. The number of nitrogens with zero attached hydrogens (tertiary/aromatic N) is 4. The third-order valence-corrected chi connectivity index (χ3v) is 12.1. The van der Waals surface area contributed by atoms with Crippen LogP contribution in [0.4, 0.5) is 10.6 Å². The Morgan fingerprint density at radius 3 is 2.32 bits per heavy atom. The monoisotopic (exact) mass is 683 g/mol. The predicted octanol–water partition coefficient (Wildman–Crippen LogP) is 7.33. The molecular formula is C40H53N5O5. The molecule has 4 aliphatic carbocycles. The topological polar surface area (TPSA) is 108 Å². The van der Waals surface area contributed by atoms with Crippen LogP contribution in [0.15, 0.2) is 48.9 Å². The minimum atomic E-state index is -0.389. The van der Waals surface area contributed by atoms with E-state index in [1.807, 2.05) is 28.0 Å². The summed E-state index contributed by atoms with van der Waals surface area (Å²) in [6.07, 6.45) is 14.6. The van der Waals surface area contributed by atoms with Crippen molar-refractivity contribution in [1.82, 2.24) is 20.1 Å². The van der Waals surface area contributed by atoms with Crippen molar-refractivity contribution in [3.63, 3.8) is 0 Å². The normalized spacial score (nSPS) is 26.6. The number of aromatic nitrogens is 3. The first kappa shape index (κ1) is 34.5. The van der Waals surface area contributed by atoms with E-state index in [1.165, 1.54) is 11.1 Å². The minimum Gasteiger partial charge on any atom is -0.496 e. The number of carbonyl (C=O) groups is 2. The van der Waals surface area contributed by atoms with E-state index < -0.39 is 0 Å². The Labute approximate surface area is 296 Å². The highest BCUT2D eigenvalue weighted by Crippen LogP contribution is 2.58. The molecule has 0 radical (unpaired) electrons. The summed E-state index contributed by atoms with van der Waals surface area (Å²) in [7, 11) is 1.73. The fourth-order valence-corrected chi connectivity index (χ4v) is 8.65. The molecule has 10 nitrogen and oxygen atoms in total. The molecule has 50 heavy (non-hydrogen) atoms. The molecule has 1 saturated heterocycles. The Kier molecular flexibility index (Phi) is 9.43. The zero-order valence-electron chi connectivity index (χ0n) is 30.4. The van der Waals surface area contributed by atoms with Crippen LogP contribution in [-0.4, -0.2) is 65.8 Å². The van der Waals surface area contributed by atoms with Gasteiger partial charge >= 0.3 is 6.09 Å². The number of carbonyl (C=O) groups excluding carboxylic acids is 2. The zero-order chi connectivity index (χ0) is 35.1. The minimum absolute atomic E-state index is 0.0319. The highest BCUT2D eigenvalue weighted by atomic mass is 16.6. The first-order chi connectivity index (χ1) is 24.0. The van der Waals surface area contributed by atoms with Crippen LogP contribution in [0.3, 0.4) is 0 Å². The van der Waals surface area contributed by atoms with Crippen molar-refractivity contribution >= 4 is 17.8 Å². The molecule has 5 aliphatic rings. The average Bonchev–Trinajstić information content (AvgIpc) is 3.62. The van der Waals surface area contributed by atoms with Gasteiger partial charge in [-0.25, -0.2) is 9.78 Å². The number of hydrogen-bond donors (Lipinski definition) is 1. The number of amides is 2. The van der Waals surface area contributed by atoms with Crippen LogP contribution in [0.1, 0.15) is 96.1 Å². The number of benzene rings is 1. The summed E-state index contributed by atoms with van der Waals surface area (Å²) in [6, 6.07) is 10.8. The highest BCUT2D eigenvalue weighted by molar-refractivity contribution is 5.95. The van der Waals surface area contributed by atoms with Crippen molar-refractivity contribution in [2.45, 2.75) is 115 Å². The lowest BCUT2D eigenvalue weighted by Crippen LogP contribution is -2.52. The second kappa shape index (κ2) is 13.7. The molecule has 4 saturated carbocycles. The summed E-state index contributed by atoms with van der Waals surface area (Å²) in [5.74, 6) is 1.64. The Morgan fingerprint density at radius 1 is 1.00 bits per heavy atom. The van der Waals surface area contributed by atoms with Gasteiger partial charge in [0.25, 0.3) is 0 Å². The van der Waals surface area contributed by atoms with Gasteiger partial charge in [0.2, 0.25) is 5.91 Å². The fraction of sp³-hybridized carbons (Fsp3) is 0.600. The maximum atomic E-state index is 14.7. The van der Waals surface area contributed by atoms with Crippen LogP contribution < -0.4 is 15.0 Å². The number of nitrogens with one attached hydrogen (secondary N) is 1. The third kappa shape index (κ3) is 7.00. The van der Waals surface area contributed by atoms with Crippen LogP contribution in [0, 0.1) is 18.3 Å². The third-order valence-electron chi connectivity index (χ3n) is 12.1. The Bertz CT molecular complexity index is 1680. The van der Waals surface area contributed by atoms with E-state index in [0.29, 0.717) is 51.3 Å². The first-order valence-corrected chi connectivity index (χ1v) is 18.5. The summed E-state index contributed by atoms with van der Waals surface area (Å²) < 4.78 is 18.4. The van der Waals surface area contributed by atoms with Gasteiger partial charge in [0.05, 0.1) is 38.1 Å².